The Bertz CT molecular complexity index is 956. The van der Waals surface area contributed by atoms with Crippen LogP contribution in [0.4, 0.5) is 8.78 Å². The highest BCUT2D eigenvalue weighted by atomic mass is 32.2. The SMILES string of the molecule is O=C(c1ccc2cc[nH]c2c1)N1CCSC(c2cc(F)ccc2F)CC1. The van der Waals surface area contributed by atoms with Crippen molar-refractivity contribution >= 4 is 28.6 Å². The van der Waals surface area contributed by atoms with Crippen molar-refractivity contribution in [3.05, 3.63) is 71.4 Å². The highest BCUT2D eigenvalue weighted by molar-refractivity contribution is 7.99. The molecule has 1 saturated heterocycles. The van der Waals surface area contributed by atoms with E-state index in [0.717, 1.165) is 17.0 Å². The Hall–Kier alpha value is -2.34. The molecule has 1 aliphatic heterocycles. The molecular weight excluding hydrogens is 354 g/mol. The number of nitrogens with one attached hydrogen (secondary N) is 1. The molecule has 2 aromatic carbocycles. The molecule has 0 aliphatic carbocycles. The van der Waals surface area contributed by atoms with Gasteiger partial charge in [-0.05, 0) is 48.2 Å². The van der Waals surface area contributed by atoms with Crippen LogP contribution >= 0.6 is 11.8 Å². The number of hydrogen-bond acceptors (Lipinski definition) is 2. The summed E-state index contributed by atoms with van der Waals surface area (Å²) < 4.78 is 27.5. The number of rotatable bonds is 2. The van der Waals surface area contributed by atoms with Gasteiger partial charge < -0.3 is 9.88 Å². The van der Waals surface area contributed by atoms with Gasteiger partial charge in [0.05, 0.1) is 0 Å². The van der Waals surface area contributed by atoms with Gasteiger partial charge in [0, 0.05) is 46.9 Å². The number of fused-ring (bicyclic) bond motifs is 1. The number of carbonyl (C=O) groups is 1. The Labute approximate surface area is 154 Å². The quantitative estimate of drug-likeness (QED) is 0.704. The Balaban J connectivity index is 1.51. The first-order valence-electron chi connectivity index (χ1n) is 8.55. The first-order valence-corrected chi connectivity index (χ1v) is 9.59. The fraction of sp³-hybridized carbons (Fsp3) is 0.250. The van der Waals surface area contributed by atoms with Gasteiger partial charge in [-0.1, -0.05) is 6.07 Å². The van der Waals surface area contributed by atoms with Crippen molar-refractivity contribution in [3.63, 3.8) is 0 Å². The topological polar surface area (TPSA) is 36.1 Å². The number of carbonyl (C=O) groups excluding carboxylic acids is 1. The molecule has 1 fully saturated rings. The molecule has 1 unspecified atom stereocenters. The molecule has 3 nitrogen and oxygen atoms in total. The van der Waals surface area contributed by atoms with Crippen molar-refractivity contribution in [2.45, 2.75) is 11.7 Å². The molecule has 1 aromatic heterocycles. The van der Waals surface area contributed by atoms with Crippen LogP contribution in [0.3, 0.4) is 0 Å². The number of H-pyrrole nitrogens is 1. The van der Waals surface area contributed by atoms with Gasteiger partial charge >= 0.3 is 0 Å². The third-order valence-corrected chi connectivity index (χ3v) is 6.05. The number of nitrogens with zero attached hydrogens (tertiary/aromatic N) is 1. The van der Waals surface area contributed by atoms with Gasteiger partial charge in [0.1, 0.15) is 11.6 Å². The van der Waals surface area contributed by atoms with Crippen molar-refractivity contribution < 1.29 is 13.6 Å². The summed E-state index contributed by atoms with van der Waals surface area (Å²) in [4.78, 5) is 17.8. The van der Waals surface area contributed by atoms with E-state index >= 15 is 0 Å². The Kier molecular flexibility index (Phi) is 4.68. The number of amides is 1. The molecule has 1 aliphatic rings. The maximum absolute atomic E-state index is 14.1. The molecule has 3 aromatic rings. The van der Waals surface area contributed by atoms with Crippen LogP contribution in [0.5, 0.6) is 0 Å². The number of aromatic nitrogens is 1. The summed E-state index contributed by atoms with van der Waals surface area (Å²) in [5, 5.41) is 0.920. The molecule has 1 N–H and O–H groups in total. The van der Waals surface area contributed by atoms with E-state index in [4.69, 9.17) is 0 Å². The first-order chi connectivity index (χ1) is 12.6. The standard InChI is InChI=1S/C20H18F2N2OS/c21-15-3-4-17(22)16(12-15)19-6-8-24(9-10-26-19)20(25)14-2-1-13-5-7-23-18(13)11-14/h1-5,7,11-12,19,23H,6,8-10H2. The van der Waals surface area contributed by atoms with Gasteiger partial charge in [0.25, 0.3) is 5.91 Å². The van der Waals surface area contributed by atoms with Crippen molar-refractivity contribution in [1.29, 1.82) is 0 Å². The lowest BCUT2D eigenvalue weighted by atomic mass is 10.1. The summed E-state index contributed by atoms with van der Waals surface area (Å²) in [7, 11) is 0. The second-order valence-electron chi connectivity index (χ2n) is 6.39. The van der Waals surface area contributed by atoms with Crippen LogP contribution in [-0.4, -0.2) is 34.6 Å². The molecule has 1 amide bonds. The summed E-state index contributed by atoms with van der Waals surface area (Å²) in [6, 6.07) is 11.2. The largest absolute Gasteiger partial charge is 0.361 e. The second-order valence-corrected chi connectivity index (χ2v) is 7.70. The molecule has 26 heavy (non-hydrogen) atoms. The lowest BCUT2D eigenvalue weighted by Crippen LogP contribution is -2.32. The summed E-state index contributed by atoms with van der Waals surface area (Å²) in [6.45, 7) is 1.12. The lowest BCUT2D eigenvalue weighted by Gasteiger charge is -2.20. The predicted molar refractivity (Wildman–Crippen MR) is 100 cm³/mol. The van der Waals surface area contributed by atoms with Gasteiger partial charge in [-0.3, -0.25) is 4.79 Å². The third-order valence-electron chi connectivity index (χ3n) is 4.74. The fourth-order valence-corrected chi connectivity index (χ4v) is 4.59. The van der Waals surface area contributed by atoms with Crippen LogP contribution in [-0.2, 0) is 0 Å². The minimum atomic E-state index is -0.432. The van der Waals surface area contributed by atoms with Crippen LogP contribution in [0.15, 0.2) is 48.7 Å². The first kappa shape index (κ1) is 17.1. The number of benzene rings is 2. The molecule has 134 valence electrons. The van der Waals surface area contributed by atoms with Gasteiger partial charge in [0.2, 0.25) is 0 Å². The molecule has 0 bridgehead atoms. The molecule has 1 atom stereocenters. The molecule has 0 spiro atoms. The van der Waals surface area contributed by atoms with Crippen molar-refractivity contribution in [2.75, 3.05) is 18.8 Å². The van der Waals surface area contributed by atoms with Crippen molar-refractivity contribution in [3.8, 4) is 0 Å². The summed E-state index contributed by atoms with van der Waals surface area (Å²) in [5.41, 5.74) is 1.96. The molecule has 2 heterocycles. The maximum Gasteiger partial charge on any atom is 0.253 e. The smallest absolute Gasteiger partial charge is 0.253 e. The zero-order chi connectivity index (χ0) is 18.1. The summed E-state index contributed by atoms with van der Waals surface area (Å²) in [6.07, 6.45) is 2.45. The summed E-state index contributed by atoms with van der Waals surface area (Å²) >= 11 is 1.57. The average molecular weight is 372 g/mol. The van der Waals surface area contributed by atoms with Gasteiger partial charge in [-0.25, -0.2) is 8.78 Å². The zero-order valence-electron chi connectivity index (χ0n) is 14.0. The Morgan fingerprint density at radius 1 is 1.12 bits per heavy atom. The Morgan fingerprint density at radius 3 is 2.88 bits per heavy atom. The fourth-order valence-electron chi connectivity index (χ4n) is 3.35. The van der Waals surface area contributed by atoms with E-state index in [-0.39, 0.29) is 17.0 Å². The van der Waals surface area contributed by atoms with Crippen LogP contribution in [0.1, 0.15) is 27.6 Å². The van der Waals surface area contributed by atoms with Gasteiger partial charge in [-0.2, -0.15) is 11.8 Å². The van der Waals surface area contributed by atoms with Gasteiger partial charge in [-0.15, -0.1) is 0 Å². The van der Waals surface area contributed by atoms with Crippen molar-refractivity contribution in [2.24, 2.45) is 0 Å². The second kappa shape index (κ2) is 7.11. The van der Waals surface area contributed by atoms with Crippen LogP contribution < -0.4 is 0 Å². The highest BCUT2D eigenvalue weighted by Crippen LogP contribution is 2.36. The molecule has 0 radical (unpaired) electrons. The zero-order valence-corrected chi connectivity index (χ0v) is 14.9. The number of aromatic amines is 1. The van der Waals surface area contributed by atoms with Crippen LogP contribution in [0.25, 0.3) is 10.9 Å². The highest BCUT2D eigenvalue weighted by Gasteiger charge is 2.25. The van der Waals surface area contributed by atoms with Crippen LogP contribution in [0.2, 0.25) is 0 Å². The molecular formula is C20H18F2N2OS. The Morgan fingerprint density at radius 2 is 2.00 bits per heavy atom. The van der Waals surface area contributed by atoms with E-state index in [1.54, 1.807) is 16.7 Å². The van der Waals surface area contributed by atoms with E-state index < -0.39 is 5.82 Å². The third kappa shape index (κ3) is 3.33. The summed E-state index contributed by atoms with van der Waals surface area (Å²) in [5.74, 6) is -0.154. The normalized spacial score (nSPS) is 18.1. The lowest BCUT2D eigenvalue weighted by molar-refractivity contribution is 0.0766. The predicted octanol–water partition coefficient (Wildman–Crippen LogP) is 4.77. The van der Waals surface area contributed by atoms with E-state index in [1.807, 2.05) is 30.5 Å². The number of thioether (sulfide) groups is 1. The van der Waals surface area contributed by atoms with Gasteiger partial charge in [0.15, 0.2) is 0 Å². The van der Waals surface area contributed by atoms with E-state index in [2.05, 4.69) is 4.98 Å². The minimum Gasteiger partial charge on any atom is -0.361 e. The van der Waals surface area contributed by atoms with E-state index in [1.165, 1.54) is 12.1 Å². The maximum atomic E-state index is 14.1. The number of halogens is 2. The number of hydrogen-bond donors (Lipinski definition) is 1. The monoisotopic (exact) mass is 372 g/mol. The van der Waals surface area contributed by atoms with Crippen LogP contribution in [0, 0.1) is 11.6 Å². The molecule has 0 saturated carbocycles. The average Bonchev–Trinajstić information content (AvgIpc) is 2.98. The van der Waals surface area contributed by atoms with E-state index in [9.17, 15) is 13.6 Å². The minimum absolute atomic E-state index is 0.0255. The van der Waals surface area contributed by atoms with E-state index in [0.29, 0.717) is 36.4 Å². The molecule has 6 heteroatoms. The van der Waals surface area contributed by atoms with Crippen molar-refractivity contribution in [1.82, 2.24) is 9.88 Å². The molecule has 4 rings (SSSR count).